The standard InChI is InChI=1S/C16H17FN2O/c1-2-16(20,14-8-7-12(17)10-18-14)15-9-11-5-3-4-6-13(11)19-15/h3-8,10,15,19-20H,2,9H2,1H3. The van der Waals surface area contributed by atoms with Gasteiger partial charge in [-0.25, -0.2) is 4.39 Å². The SMILES string of the molecule is CCC(O)(c1ccc(F)cn1)C1Cc2ccccc2N1. The average Bonchev–Trinajstić information content (AvgIpc) is 2.91. The van der Waals surface area contributed by atoms with E-state index in [1.165, 1.54) is 11.6 Å². The molecule has 0 fully saturated rings. The van der Waals surface area contributed by atoms with Gasteiger partial charge in [0.25, 0.3) is 0 Å². The lowest BCUT2D eigenvalue weighted by Crippen LogP contribution is -2.43. The van der Waals surface area contributed by atoms with E-state index in [0.29, 0.717) is 12.1 Å². The molecule has 3 rings (SSSR count). The Labute approximate surface area is 117 Å². The van der Waals surface area contributed by atoms with Gasteiger partial charge in [-0.2, -0.15) is 0 Å². The Bertz CT molecular complexity index is 589. The summed E-state index contributed by atoms with van der Waals surface area (Å²) < 4.78 is 13.0. The second-order valence-electron chi connectivity index (χ2n) is 5.20. The third-order valence-corrected chi connectivity index (χ3v) is 4.06. The fourth-order valence-electron chi connectivity index (χ4n) is 2.82. The van der Waals surface area contributed by atoms with Crippen molar-refractivity contribution in [2.45, 2.75) is 31.4 Å². The maximum atomic E-state index is 13.0. The number of rotatable bonds is 3. The predicted octanol–water partition coefficient (Wildman–Crippen LogP) is 2.86. The van der Waals surface area contributed by atoms with Crippen LogP contribution in [0.3, 0.4) is 0 Å². The predicted molar refractivity (Wildman–Crippen MR) is 75.9 cm³/mol. The second-order valence-corrected chi connectivity index (χ2v) is 5.20. The first-order chi connectivity index (χ1) is 9.63. The highest BCUT2D eigenvalue weighted by atomic mass is 19.1. The van der Waals surface area contributed by atoms with E-state index in [2.05, 4.69) is 16.4 Å². The largest absolute Gasteiger partial charge is 0.381 e. The van der Waals surface area contributed by atoms with E-state index in [-0.39, 0.29) is 6.04 Å². The summed E-state index contributed by atoms with van der Waals surface area (Å²) in [6, 6.07) is 10.8. The van der Waals surface area contributed by atoms with Crippen LogP contribution in [0.2, 0.25) is 0 Å². The van der Waals surface area contributed by atoms with Gasteiger partial charge in [-0.05, 0) is 36.6 Å². The molecule has 2 unspecified atom stereocenters. The number of hydrogen-bond donors (Lipinski definition) is 2. The molecule has 0 saturated carbocycles. The molecule has 1 aromatic heterocycles. The van der Waals surface area contributed by atoms with Gasteiger partial charge in [0.1, 0.15) is 11.4 Å². The Morgan fingerprint density at radius 2 is 2.15 bits per heavy atom. The summed E-state index contributed by atoms with van der Waals surface area (Å²) in [6.07, 6.45) is 2.40. The monoisotopic (exact) mass is 272 g/mol. The molecular weight excluding hydrogens is 255 g/mol. The van der Waals surface area contributed by atoms with Crippen molar-refractivity contribution in [1.82, 2.24) is 4.98 Å². The minimum Gasteiger partial charge on any atom is -0.381 e. The zero-order valence-corrected chi connectivity index (χ0v) is 11.3. The van der Waals surface area contributed by atoms with Crippen molar-refractivity contribution in [3.63, 3.8) is 0 Å². The highest BCUT2D eigenvalue weighted by molar-refractivity contribution is 5.57. The number of nitrogens with zero attached hydrogens (tertiary/aromatic N) is 1. The molecule has 1 aromatic carbocycles. The molecular formula is C16H17FN2O. The van der Waals surface area contributed by atoms with Crippen molar-refractivity contribution in [2.24, 2.45) is 0 Å². The molecule has 104 valence electrons. The Morgan fingerprint density at radius 3 is 2.80 bits per heavy atom. The average molecular weight is 272 g/mol. The number of hydrogen-bond acceptors (Lipinski definition) is 3. The molecule has 0 bridgehead atoms. The van der Waals surface area contributed by atoms with Crippen LogP contribution in [0.15, 0.2) is 42.6 Å². The first-order valence-electron chi connectivity index (χ1n) is 6.82. The summed E-state index contributed by atoms with van der Waals surface area (Å²) >= 11 is 0. The number of anilines is 1. The van der Waals surface area contributed by atoms with Crippen molar-refractivity contribution in [1.29, 1.82) is 0 Å². The van der Waals surface area contributed by atoms with Gasteiger partial charge in [0, 0.05) is 5.69 Å². The molecule has 2 heterocycles. The summed E-state index contributed by atoms with van der Waals surface area (Å²) in [5.74, 6) is -0.394. The van der Waals surface area contributed by atoms with Crippen LogP contribution in [0.4, 0.5) is 10.1 Å². The quantitative estimate of drug-likeness (QED) is 0.903. The molecule has 2 N–H and O–H groups in total. The summed E-state index contributed by atoms with van der Waals surface area (Å²) in [5.41, 5.74) is 1.64. The summed E-state index contributed by atoms with van der Waals surface area (Å²) in [7, 11) is 0. The highest BCUT2D eigenvalue weighted by Gasteiger charge is 2.41. The molecule has 2 atom stereocenters. The number of nitrogens with one attached hydrogen (secondary N) is 1. The van der Waals surface area contributed by atoms with Gasteiger partial charge in [0.2, 0.25) is 0 Å². The van der Waals surface area contributed by atoms with Gasteiger partial charge in [0.15, 0.2) is 0 Å². The van der Waals surface area contributed by atoms with Crippen LogP contribution in [0.1, 0.15) is 24.6 Å². The van der Waals surface area contributed by atoms with Crippen LogP contribution in [0, 0.1) is 5.82 Å². The maximum absolute atomic E-state index is 13.0. The van der Waals surface area contributed by atoms with Crippen LogP contribution in [0.25, 0.3) is 0 Å². The van der Waals surface area contributed by atoms with Gasteiger partial charge < -0.3 is 10.4 Å². The Morgan fingerprint density at radius 1 is 1.35 bits per heavy atom. The van der Waals surface area contributed by atoms with Crippen LogP contribution < -0.4 is 5.32 Å². The van der Waals surface area contributed by atoms with E-state index in [4.69, 9.17) is 0 Å². The van der Waals surface area contributed by atoms with Crippen LogP contribution in [0.5, 0.6) is 0 Å². The third-order valence-electron chi connectivity index (χ3n) is 4.06. The van der Waals surface area contributed by atoms with Crippen molar-refractivity contribution < 1.29 is 9.50 Å². The molecule has 0 saturated heterocycles. The minimum absolute atomic E-state index is 0.150. The zero-order chi connectivity index (χ0) is 14.2. The fourth-order valence-corrected chi connectivity index (χ4v) is 2.82. The molecule has 0 spiro atoms. The van der Waals surface area contributed by atoms with Crippen molar-refractivity contribution in [2.75, 3.05) is 5.32 Å². The van der Waals surface area contributed by atoms with Gasteiger partial charge in [-0.15, -0.1) is 0 Å². The lowest BCUT2D eigenvalue weighted by atomic mass is 9.85. The van der Waals surface area contributed by atoms with Crippen LogP contribution in [-0.2, 0) is 12.0 Å². The molecule has 0 amide bonds. The van der Waals surface area contributed by atoms with Crippen LogP contribution in [-0.4, -0.2) is 16.1 Å². The summed E-state index contributed by atoms with van der Waals surface area (Å²) in [4.78, 5) is 4.06. The number of fused-ring (bicyclic) bond motifs is 1. The van der Waals surface area contributed by atoms with Crippen molar-refractivity contribution in [3.05, 3.63) is 59.7 Å². The van der Waals surface area contributed by atoms with Crippen molar-refractivity contribution in [3.8, 4) is 0 Å². The number of aliphatic hydroxyl groups is 1. The Balaban J connectivity index is 1.93. The molecule has 4 heteroatoms. The Kier molecular flexibility index (Phi) is 3.18. The van der Waals surface area contributed by atoms with Gasteiger partial charge in [-0.3, -0.25) is 4.98 Å². The zero-order valence-electron chi connectivity index (χ0n) is 11.3. The first-order valence-corrected chi connectivity index (χ1v) is 6.82. The van der Waals surface area contributed by atoms with Crippen LogP contribution >= 0.6 is 0 Å². The van der Waals surface area contributed by atoms with E-state index in [1.54, 1.807) is 6.07 Å². The fraction of sp³-hybridized carbons (Fsp3) is 0.312. The maximum Gasteiger partial charge on any atom is 0.141 e. The topological polar surface area (TPSA) is 45.2 Å². The number of pyridine rings is 1. The van der Waals surface area contributed by atoms with Gasteiger partial charge in [0.05, 0.1) is 17.9 Å². The van der Waals surface area contributed by atoms with E-state index >= 15 is 0 Å². The lowest BCUT2D eigenvalue weighted by molar-refractivity contribution is 0.00991. The second kappa shape index (κ2) is 4.87. The number of halogens is 1. The highest BCUT2D eigenvalue weighted by Crippen LogP contribution is 2.37. The van der Waals surface area contributed by atoms with Gasteiger partial charge >= 0.3 is 0 Å². The molecule has 1 aliphatic heterocycles. The molecule has 0 radical (unpaired) electrons. The smallest absolute Gasteiger partial charge is 0.141 e. The van der Waals surface area contributed by atoms with E-state index in [0.717, 1.165) is 18.3 Å². The van der Waals surface area contributed by atoms with Crippen molar-refractivity contribution >= 4 is 5.69 Å². The molecule has 20 heavy (non-hydrogen) atoms. The number of aromatic nitrogens is 1. The summed E-state index contributed by atoms with van der Waals surface area (Å²) in [5, 5.41) is 14.4. The molecule has 1 aliphatic rings. The number of benzene rings is 1. The normalized spacial score (nSPS) is 20.1. The number of para-hydroxylation sites is 1. The van der Waals surface area contributed by atoms with E-state index in [9.17, 15) is 9.50 Å². The molecule has 2 aromatic rings. The van der Waals surface area contributed by atoms with E-state index < -0.39 is 11.4 Å². The molecule has 3 nitrogen and oxygen atoms in total. The van der Waals surface area contributed by atoms with E-state index in [1.807, 2.05) is 25.1 Å². The minimum atomic E-state index is -1.10. The summed E-state index contributed by atoms with van der Waals surface area (Å²) in [6.45, 7) is 1.91. The van der Waals surface area contributed by atoms with Gasteiger partial charge in [-0.1, -0.05) is 25.1 Å². The first kappa shape index (κ1) is 13.1. The molecule has 0 aliphatic carbocycles. The lowest BCUT2D eigenvalue weighted by Gasteiger charge is -2.33. The third kappa shape index (κ3) is 2.06. The Hall–Kier alpha value is -1.94.